The maximum atomic E-state index is 11.8. The average molecular weight is 332 g/mol. The molecule has 0 aliphatic rings. The molecule has 3 nitrogen and oxygen atoms in total. The standard InChI is InChI=1S/C22H20O3/c1-2-24-22(23)19-13-15-20(16-14-19)25-21(17-9-5-3-6-10-17)18-11-7-4-8-12-18/h3-16,21H,2H2,1H3. The van der Waals surface area contributed by atoms with Gasteiger partial charge >= 0.3 is 5.97 Å². The van der Waals surface area contributed by atoms with Crippen LogP contribution >= 0.6 is 0 Å². The van der Waals surface area contributed by atoms with Crippen molar-refractivity contribution in [2.24, 2.45) is 0 Å². The lowest BCUT2D eigenvalue weighted by Gasteiger charge is -2.20. The van der Waals surface area contributed by atoms with E-state index in [9.17, 15) is 4.79 Å². The SMILES string of the molecule is CCOC(=O)c1ccc(OC(c2ccccc2)c2ccccc2)cc1. The molecule has 0 N–H and O–H groups in total. The summed E-state index contributed by atoms with van der Waals surface area (Å²) in [6, 6.07) is 27.2. The fraction of sp³-hybridized carbons (Fsp3) is 0.136. The van der Waals surface area contributed by atoms with Crippen LogP contribution in [0.15, 0.2) is 84.9 Å². The third-order valence-corrected chi connectivity index (χ3v) is 3.82. The molecule has 3 aromatic rings. The van der Waals surface area contributed by atoms with Crippen LogP contribution in [0.25, 0.3) is 0 Å². The predicted molar refractivity (Wildman–Crippen MR) is 97.8 cm³/mol. The monoisotopic (exact) mass is 332 g/mol. The number of carbonyl (C=O) groups is 1. The lowest BCUT2D eigenvalue weighted by atomic mass is 10.0. The van der Waals surface area contributed by atoms with E-state index in [1.807, 2.05) is 60.7 Å². The summed E-state index contributed by atoms with van der Waals surface area (Å²) in [5.41, 5.74) is 2.66. The van der Waals surface area contributed by atoms with Crippen molar-refractivity contribution in [1.29, 1.82) is 0 Å². The van der Waals surface area contributed by atoms with Crippen LogP contribution in [0.5, 0.6) is 5.75 Å². The van der Waals surface area contributed by atoms with Crippen LogP contribution in [-0.4, -0.2) is 12.6 Å². The van der Waals surface area contributed by atoms with Crippen LogP contribution in [-0.2, 0) is 4.74 Å². The van der Waals surface area contributed by atoms with E-state index in [-0.39, 0.29) is 12.1 Å². The summed E-state index contributed by atoms with van der Waals surface area (Å²) < 4.78 is 11.2. The van der Waals surface area contributed by atoms with Gasteiger partial charge in [-0.05, 0) is 42.3 Å². The minimum absolute atomic E-state index is 0.212. The van der Waals surface area contributed by atoms with Crippen molar-refractivity contribution in [3.63, 3.8) is 0 Å². The molecule has 3 rings (SSSR count). The van der Waals surface area contributed by atoms with Crippen molar-refractivity contribution in [2.45, 2.75) is 13.0 Å². The molecule has 0 bridgehead atoms. The molecule has 0 aliphatic heterocycles. The molecule has 0 heterocycles. The number of hydrogen-bond donors (Lipinski definition) is 0. The van der Waals surface area contributed by atoms with E-state index in [1.165, 1.54) is 0 Å². The third kappa shape index (κ3) is 4.27. The van der Waals surface area contributed by atoms with E-state index in [2.05, 4.69) is 0 Å². The fourth-order valence-electron chi connectivity index (χ4n) is 2.60. The second-order valence-corrected chi connectivity index (χ2v) is 5.56. The summed E-state index contributed by atoms with van der Waals surface area (Å²) in [4.78, 5) is 11.8. The van der Waals surface area contributed by atoms with E-state index < -0.39 is 0 Å². The van der Waals surface area contributed by atoms with Crippen molar-refractivity contribution in [1.82, 2.24) is 0 Å². The summed E-state index contributed by atoms with van der Waals surface area (Å²) in [6.45, 7) is 2.15. The average Bonchev–Trinajstić information content (AvgIpc) is 2.68. The molecule has 0 radical (unpaired) electrons. The third-order valence-electron chi connectivity index (χ3n) is 3.82. The van der Waals surface area contributed by atoms with E-state index in [0.717, 1.165) is 11.1 Å². The Kier molecular flexibility index (Phi) is 5.47. The van der Waals surface area contributed by atoms with Gasteiger partial charge in [-0.15, -0.1) is 0 Å². The largest absolute Gasteiger partial charge is 0.481 e. The van der Waals surface area contributed by atoms with Gasteiger partial charge in [0.1, 0.15) is 11.9 Å². The molecule has 0 amide bonds. The molecule has 0 aliphatic carbocycles. The smallest absolute Gasteiger partial charge is 0.338 e. The van der Waals surface area contributed by atoms with Gasteiger partial charge in [-0.25, -0.2) is 4.79 Å². The molecule has 126 valence electrons. The Balaban J connectivity index is 1.85. The maximum Gasteiger partial charge on any atom is 0.338 e. The molecular weight excluding hydrogens is 312 g/mol. The van der Waals surface area contributed by atoms with Gasteiger partial charge in [0.15, 0.2) is 0 Å². The van der Waals surface area contributed by atoms with Gasteiger partial charge in [-0.3, -0.25) is 0 Å². The highest BCUT2D eigenvalue weighted by Crippen LogP contribution is 2.28. The Bertz CT molecular complexity index is 756. The van der Waals surface area contributed by atoms with Gasteiger partial charge in [0, 0.05) is 0 Å². The van der Waals surface area contributed by atoms with Gasteiger partial charge in [-0.2, -0.15) is 0 Å². The van der Waals surface area contributed by atoms with Crippen LogP contribution in [0.4, 0.5) is 0 Å². The quantitative estimate of drug-likeness (QED) is 0.594. The Labute approximate surface area is 147 Å². The lowest BCUT2D eigenvalue weighted by molar-refractivity contribution is 0.0526. The number of ether oxygens (including phenoxy) is 2. The minimum Gasteiger partial charge on any atom is -0.481 e. The first kappa shape index (κ1) is 16.8. The molecule has 0 spiro atoms. The van der Waals surface area contributed by atoms with E-state index in [4.69, 9.17) is 9.47 Å². The molecule has 0 saturated carbocycles. The highest BCUT2D eigenvalue weighted by atomic mass is 16.5. The topological polar surface area (TPSA) is 35.5 Å². The van der Waals surface area contributed by atoms with E-state index >= 15 is 0 Å². The molecule has 3 aromatic carbocycles. The normalized spacial score (nSPS) is 10.5. The fourth-order valence-corrected chi connectivity index (χ4v) is 2.60. The Morgan fingerprint density at radius 1 is 0.800 bits per heavy atom. The van der Waals surface area contributed by atoms with Gasteiger partial charge in [-0.1, -0.05) is 60.7 Å². The highest BCUT2D eigenvalue weighted by Gasteiger charge is 2.16. The predicted octanol–water partition coefficient (Wildman–Crippen LogP) is 5.03. The van der Waals surface area contributed by atoms with Crippen molar-refractivity contribution in [2.75, 3.05) is 6.61 Å². The molecule has 0 fully saturated rings. The Hall–Kier alpha value is -3.07. The maximum absolute atomic E-state index is 11.8. The van der Waals surface area contributed by atoms with Crippen LogP contribution in [0, 0.1) is 0 Å². The first-order valence-corrected chi connectivity index (χ1v) is 8.31. The first-order chi connectivity index (χ1) is 12.3. The second kappa shape index (κ2) is 8.15. The Morgan fingerprint density at radius 3 is 1.80 bits per heavy atom. The van der Waals surface area contributed by atoms with Crippen molar-refractivity contribution in [3.05, 3.63) is 102 Å². The molecule has 0 unspecified atom stereocenters. The van der Waals surface area contributed by atoms with Gasteiger partial charge < -0.3 is 9.47 Å². The Morgan fingerprint density at radius 2 is 1.32 bits per heavy atom. The van der Waals surface area contributed by atoms with Gasteiger partial charge in [0.05, 0.1) is 12.2 Å². The lowest BCUT2D eigenvalue weighted by Crippen LogP contribution is -2.09. The zero-order valence-electron chi connectivity index (χ0n) is 14.1. The summed E-state index contributed by atoms with van der Waals surface area (Å²) in [5, 5.41) is 0. The number of esters is 1. The molecule has 0 atom stereocenters. The molecule has 3 heteroatoms. The number of rotatable bonds is 6. The number of hydrogen-bond acceptors (Lipinski definition) is 3. The molecule has 0 aromatic heterocycles. The van der Waals surface area contributed by atoms with Crippen LogP contribution in [0.2, 0.25) is 0 Å². The molecule has 25 heavy (non-hydrogen) atoms. The van der Waals surface area contributed by atoms with Crippen molar-refractivity contribution < 1.29 is 14.3 Å². The number of benzene rings is 3. The summed E-state index contributed by atoms with van der Waals surface area (Å²) >= 11 is 0. The molecular formula is C22H20O3. The van der Waals surface area contributed by atoms with Crippen molar-refractivity contribution in [3.8, 4) is 5.75 Å². The van der Waals surface area contributed by atoms with Gasteiger partial charge in [0.25, 0.3) is 0 Å². The minimum atomic E-state index is -0.322. The number of carbonyl (C=O) groups excluding carboxylic acids is 1. The second-order valence-electron chi connectivity index (χ2n) is 5.56. The highest BCUT2D eigenvalue weighted by molar-refractivity contribution is 5.89. The summed E-state index contributed by atoms with van der Waals surface area (Å²) in [7, 11) is 0. The molecule has 0 saturated heterocycles. The van der Waals surface area contributed by atoms with Crippen LogP contribution in [0.1, 0.15) is 34.5 Å². The van der Waals surface area contributed by atoms with Crippen molar-refractivity contribution >= 4 is 5.97 Å². The van der Waals surface area contributed by atoms with Crippen LogP contribution < -0.4 is 4.74 Å². The van der Waals surface area contributed by atoms with E-state index in [0.29, 0.717) is 17.9 Å². The zero-order valence-corrected chi connectivity index (χ0v) is 14.1. The van der Waals surface area contributed by atoms with Gasteiger partial charge in [0.2, 0.25) is 0 Å². The summed E-state index contributed by atoms with van der Waals surface area (Å²) in [5.74, 6) is 0.377. The summed E-state index contributed by atoms with van der Waals surface area (Å²) in [6.07, 6.45) is -0.212. The van der Waals surface area contributed by atoms with E-state index in [1.54, 1.807) is 31.2 Å². The first-order valence-electron chi connectivity index (χ1n) is 8.31. The zero-order chi connectivity index (χ0) is 17.5. The van der Waals surface area contributed by atoms with Crippen LogP contribution in [0.3, 0.4) is 0 Å².